The molecule has 3 heteroatoms. The summed E-state index contributed by atoms with van der Waals surface area (Å²) >= 11 is 0. The van der Waals surface area contributed by atoms with E-state index < -0.39 is 0 Å². The summed E-state index contributed by atoms with van der Waals surface area (Å²) in [7, 11) is 0. The third kappa shape index (κ3) is 2.61. The summed E-state index contributed by atoms with van der Waals surface area (Å²) in [5, 5.41) is 13.1. The van der Waals surface area contributed by atoms with Crippen molar-refractivity contribution in [2.75, 3.05) is 6.54 Å². The SMILES string of the molecule is N#CCNC(=O)Cc1cccc2ccccc12. The Labute approximate surface area is 99.7 Å². The van der Waals surface area contributed by atoms with E-state index in [1.54, 1.807) is 0 Å². The van der Waals surface area contributed by atoms with Crippen molar-refractivity contribution in [3.63, 3.8) is 0 Å². The first-order chi connectivity index (χ1) is 8.31. The highest BCUT2D eigenvalue weighted by molar-refractivity contribution is 5.90. The van der Waals surface area contributed by atoms with Crippen LogP contribution in [0.25, 0.3) is 10.8 Å². The molecule has 0 unspecified atom stereocenters. The van der Waals surface area contributed by atoms with Crippen LogP contribution in [0.5, 0.6) is 0 Å². The Morgan fingerprint density at radius 1 is 1.18 bits per heavy atom. The number of carbonyl (C=O) groups is 1. The van der Waals surface area contributed by atoms with Crippen molar-refractivity contribution in [1.82, 2.24) is 5.32 Å². The van der Waals surface area contributed by atoms with Crippen LogP contribution in [0, 0.1) is 11.3 Å². The van der Waals surface area contributed by atoms with Gasteiger partial charge in [0.25, 0.3) is 0 Å². The quantitative estimate of drug-likeness (QED) is 0.811. The van der Waals surface area contributed by atoms with Crippen LogP contribution in [-0.4, -0.2) is 12.5 Å². The summed E-state index contributed by atoms with van der Waals surface area (Å²) < 4.78 is 0. The first-order valence-corrected chi connectivity index (χ1v) is 5.41. The van der Waals surface area contributed by atoms with E-state index in [1.165, 1.54) is 0 Å². The van der Waals surface area contributed by atoms with Gasteiger partial charge in [0.1, 0.15) is 6.54 Å². The Hall–Kier alpha value is -2.34. The number of nitrogens with zero attached hydrogens (tertiary/aromatic N) is 1. The summed E-state index contributed by atoms with van der Waals surface area (Å²) in [6.45, 7) is 0.0591. The molecule has 0 fully saturated rings. The fraction of sp³-hybridized carbons (Fsp3) is 0.143. The van der Waals surface area contributed by atoms with E-state index in [9.17, 15) is 4.79 Å². The standard InChI is InChI=1S/C14H12N2O/c15-8-9-16-14(17)10-12-6-3-5-11-4-1-2-7-13(11)12/h1-7H,9-10H2,(H,16,17). The van der Waals surface area contributed by atoms with Gasteiger partial charge in [0, 0.05) is 0 Å². The average molecular weight is 224 g/mol. The minimum Gasteiger partial charge on any atom is -0.343 e. The van der Waals surface area contributed by atoms with E-state index in [-0.39, 0.29) is 12.5 Å². The highest BCUT2D eigenvalue weighted by Gasteiger charge is 2.05. The molecule has 0 saturated carbocycles. The Balaban J connectivity index is 2.24. The second-order valence-corrected chi connectivity index (χ2v) is 3.75. The van der Waals surface area contributed by atoms with Gasteiger partial charge in [-0.3, -0.25) is 4.79 Å². The number of nitriles is 1. The second kappa shape index (κ2) is 5.13. The van der Waals surface area contributed by atoms with Crippen LogP contribution in [0.2, 0.25) is 0 Å². The number of amides is 1. The zero-order chi connectivity index (χ0) is 12.1. The molecular formula is C14H12N2O. The average Bonchev–Trinajstić information content (AvgIpc) is 2.37. The lowest BCUT2D eigenvalue weighted by atomic mass is 10.0. The molecule has 0 saturated heterocycles. The van der Waals surface area contributed by atoms with E-state index in [0.717, 1.165) is 16.3 Å². The molecule has 0 atom stereocenters. The highest BCUT2D eigenvalue weighted by Crippen LogP contribution is 2.18. The van der Waals surface area contributed by atoms with E-state index in [1.807, 2.05) is 48.5 Å². The zero-order valence-corrected chi connectivity index (χ0v) is 9.31. The third-order valence-corrected chi connectivity index (χ3v) is 2.60. The van der Waals surface area contributed by atoms with Gasteiger partial charge in [-0.15, -0.1) is 0 Å². The van der Waals surface area contributed by atoms with Crippen molar-refractivity contribution in [2.24, 2.45) is 0 Å². The van der Waals surface area contributed by atoms with E-state index in [0.29, 0.717) is 6.42 Å². The molecule has 0 radical (unpaired) electrons. The number of fused-ring (bicyclic) bond motifs is 1. The van der Waals surface area contributed by atoms with Crippen LogP contribution >= 0.6 is 0 Å². The predicted molar refractivity (Wildman–Crippen MR) is 66.3 cm³/mol. The molecule has 84 valence electrons. The van der Waals surface area contributed by atoms with Gasteiger partial charge in [0.15, 0.2) is 0 Å². The molecular weight excluding hydrogens is 212 g/mol. The maximum Gasteiger partial charge on any atom is 0.225 e. The molecule has 2 rings (SSSR count). The Kier molecular flexibility index (Phi) is 3.37. The molecule has 2 aromatic carbocycles. The molecule has 3 nitrogen and oxygen atoms in total. The van der Waals surface area contributed by atoms with Crippen molar-refractivity contribution in [3.05, 3.63) is 48.0 Å². The lowest BCUT2D eigenvalue weighted by Crippen LogP contribution is -2.25. The first kappa shape index (κ1) is 11.2. The Morgan fingerprint density at radius 3 is 2.76 bits per heavy atom. The fourth-order valence-electron chi connectivity index (χ4n) is 1.82. The van der Waals surface area contributed by atoms with Crippen molar-refractivity contribution in [3.8, 4) is 6.07 Å². The predicted octanol–water partition coefficient (Wildman–Crippen LogP) is 2.02. The molecule has 0 bridgehead atoms. The van der Waals surface area contributed by atoms with Gasteiger partial charge in [-0.1, -0.05) is 42.5 Å². The van der Waals surface area contributed by atoms with Crippen molar-refractivity contribution in [1.29, 1.82) is 5.26 Å². The molecule has 1 amide bonds. The van der Waals surface area contributed by atoms with E-state index >= 15 is 0 Å². The first-order valence-electron chi connectivity index (χ1n) is 5.41. The van der Waals surface area contributed by atoms with Gasteiger partial charge in [-0.2, -0.15) is 5.26 Å². The number of hydrogen-bond donors (Lipinski definition) is 1. The fourth-order valence-corrected chi connectivity index (χ4v) is 1.82. The summed E-state index contributed by atoms with van der Waals surface area (Å²) in [5.74, 6) is -0.122. The maximum atomic E-state index is 11.6. The van der Waals surface area contributed by atoms with Crippen LogP contribution in [-0.2, 0) is 11.2 Å². The number of rotatable bonds is 3. The Morgan fingerprint density at radius 2 is 1.94 bits per heavy atom. The lowest BCUT2D eigenvalue weighted by Gasteiger charge is -2.05. The Bertz CT molecular complexity index is 579. The largest absolute Gasteiger partial charge is 0.343 e. The van der Waals surface area contributed by atoms with Gasteiger partial charge < -0.3 is 5.32 Å². The van der Waals surface area contributed by atoms with Gasteiger partial charge in [-0.25, -0.2) is 0 Å². The summed E-state index contributed by atoms with van der Waals surface area (Å²) in [6.07, 6.45) is 0.309. The lowest BCUT2D eigenvalue weighted by molar-refractivity contribution is -0.120. The molecule has 0 aromatic heterocycles. The van der Waals surface area contributed by atoms with Gasteiger partial charge >= 0.3 is 0 Å². The van der Waals surface area contributed by atoms with Crippen molar-refractivity contribution >= 4 is 16.7 Å². The van der Waals surface area contributed by atoms with Crippen molar-refractivity contribution in [2.45, 2.75) is 6.42 Å². The van der Waals surface area contributed by atoms with Crippen LogP contribution in [0.4, 0.5) is 0 Å². The number of benzene rings is 2. The van der Waals surface area contributed by atoms with Crippen LogP contribution in [0.3, 0.4) is 0 Å². The molecule has 0 aliphatic carbocycles. The number of hydrogen-bond acceptors (Lipinski definition) is 2. The van der Waals surface area contributed by atoms with Gasteiger partial charge in [-0.05, 0) is 16.3 Å². The minimum absolute atomic E-state index is 0.0591. The van der Waals surface area contributed by atoms with Crippen molar-refractivity contribution < 1.29 is 4.79 Å². The third-order valence-electron chi connectivity index (χ3n) is 2.60. The highest BCUT2D eigenvalue weighted by atomic mass is 16.1. The molecule has 1 N–H and O–H groups in total. The topological polar surface area (TPSA) is 52.9 Å². The van der Waals surface area contributed by atoms with Gasteiger partial charge in [0.2, 0.25) is 5.91 Å². The molecule has 0 aliphatic rings. The van der Waals surface area contributed by atoms with Crippen LogP contribution in [0.1, 0.15) is 5.56 Å². The maximum absolute atomic E-state index is 11.6. The zero-order valence-electron chi connectivity index (χ0n) is 9.31. The monoisotopic (exact) mass is 224 g/mol. The normalized spacial score (nSPS) is 9.82. The molecule has 0 spiro atoms. The van der Waals surface area contributed by atoms with Crippen LogP contribution in [0.15, 0.2) is 42.5 Å². The van der Waals surface area contributed by atoms with E-state index in [4.69, 9.17) is 5.26 Å². The van der Waals surface area contributed by atoms with Crippen LogP contribution < -0.4 is 5.32 Å². The number of carbonyl (C=O) groups excluding carboxylic acids is 1. The second-order valence-electron chi connectivity index (χ2n) is 3.75. The van der Waals surface area contributed by atoms with Gasteiger partial charge in [0.05, 0.1) is 12.5 Å². The summed E-state index contributed by atoms with van der Waals surface area (Å²) in [6, 6.07) is 15.7. The molecule has 17 heavy (non-hydrogen) atoms. The molecule has 2 aromatic rings. The molecule has 0 heterocycles. The summed E-state index contributed by atoms with van der Waals surface area (Å²) in [5.41, 5.74) is 0.985. The summed E-state index contributed by atoms with van der Waals surface area (Å²) in [4.78, 5) is 11.6. The minimum atomic E-state index is -0.122. The smallest absolute Gasteiger partial charge is 0.225 e. The molecule has 0 aliphatic heterocycles. The van der Waals surface area contributed by atoms with E-state index in [2.05, 4.69) is 5.32 Å². The number of nitrogens with one attached hydrogen (secondary N) is 1.